The van der Waals surface area contributed by atoms with E-state index in [4.69, 9.17) is 11.6 Å². The van der Waals surface area contributed by atoms with E-state index in [1.807, 2.05) is 6.92 Å². The predicted molar refractivity (Wildman–Crippen MR) is 58.5 cm³/mol. The van der Waals surface area contributed by atoms with Crippen molar-refractivity contribution in [3.05, 3.63) is 47.3 Å². The summed E-state index contributed by atoms with van der Waals surface area (Å²) in [6, 6.07) is 6.02. The van der Waals surface area contributed by atoms with Gasteiger partial charge in [0.1, 0.15) is 5.82 Å². The van der Waals surface area contributed by atoms with Crippen molar-refractivity contribution in [2.45, 2.75) is 6.92 Å². The first kappa shape index (κ1) is 10.9. The van der Waals surface area contributed by atoms with E-state index in [1.54, 1.807) is 12.1 Å². The Bertz CT molecular complexity index is 354. The molecule has 1 aromatic rings. The van der Waals surface area contributed by atoms with E-state index in [1.165, 1.54) is 12.1 Å². The van der Waals surface area contributed by atoms with Crippen LogP contribution in [0.3, 0.4) is 0 Å². The van der Waals surface area contributed by atoms with Crippen molar-refractivity contribution in [1.82, 2.24) is 0 Å². The number of nitrogens with zero attached hydrogens (tertiary/aromatic N) is 1. The van der Waals surface area contributed by atoms with Gasteiger partial charge in [0, 0.05) is 12.1 Å². The smallest absolute Gasteiger partial charge is 0.123 e. The molecule has 0 bridgehead atoms. The van der Waals surface area contributed by atoms with E-state index in [-0.39, 0.29) is 5.82 Å². The molecule has 1 aromatic carbocycles. The van der Waals surface area contributed by atoms with Gasteiger partial charge in [-0.25, -0.2) is 4.39 Å². The third kappa shape index (κ3) is 2.67. The lowest BCUT2D eigenvalue weighted by Gasteiger charge is -2.03. The fraction of sp³-hybridized carbons (Fsp3) is 0.182. The number of aliphatic imine (C=N–C) groups is 1. The largest absolute Gasteiger partial charge is 0.283 e. The molecular weight excluding hydrogens is 201 g/mol. The molecule has 1 nitrogen and oxygen atoms in total. The highest BCUT2D eigenvalue weighted by Gasteiger charge is 2.04. The van der Waals surface area contributed by atoms with Crippen LogP contribution in [0.25, 0.3) is 0 Å². The number of benzene rings is 1. The van der Waals surface area contributed by atoms with Crippen molar-refractivity contribution in [3.8, 4) is 0 Å². The summed E-state index contributed by atoms with van der Waals surface area (Å²) in [5.41, 5.74) is 1.41. The Morgan fingerprint density at radius 2 is 2.00 bits per heavy atom. The second kappa shape index (κ2) is 4.91. The molecule has 1 rings (SSSR count). The Morgan fingerprint density at radius 3 is 2.43 bits per heavy atom. The van der Waals surface area contributed by atoms with Crippen molar-refractivity contribution in [2.75, 3.05) is 6.54 Å². The quantitative estimate of drug-likeness (QED) is 0.680. The molecule has 0 unspecified atom stereocenters. The number of allylic oxidation sites excluding steroid dienone is 1. The van der Waals surface area contributed by atoms with Crippen LogP contribution >= 0.6 is 11.6 Å². The fourth-order valence-corrected chi connectivity index (χ4v) is 1.27. The fourth-order valence-electron chi connectivity index (χ4n) is 1.10. The van der Waals surface area contributed by atoms with E-state index in [0.29, 0.717) is 17.3 Å². The van der Waals surface area contributed by atoms with Crippen molar-refractivity contribution in [1.29, 1.82) is 0 Å². The molecule has 14 heavy (non-hydrogen) atoms. The van der Waals surface area contributed by atoms with Gasteiger partial charge in [0.05, 0.1) is 10.7 Å². The van der Waals surface area contributed by atoms with E-state index in [9.17, 15) is 4.39 Å². The zero-order chi connectivity index (χ0) is 10.6. The lowest BCUT2D eigenvalue weighted by molar-refractivity contribution is 0.628. The summed E-state index contributed by atoms with van der Waals surface area (Å²) in [4.78, 5) is 4.19. The second-order valence-corrected chi connectivity index (χ2v) is 3.19. The van der Waals surface area contributed by atoms with E-state index in [0.717, 1.165) is 5.56 Å². The van der Waals surface area contributed by atoms with Crippen LogP contribution in [0.2, 0.25) is 0 Å². The van der Waals surface area contributed by atoms with Crippen LogP contribution in [0.4, 0.5) is 4.39 Å². The Kier molecular flexibility index (Phi) is 3.84. The number of hydrogen-bond acceptors (Lipinski definition) is 1. The van der Waals surface area contributed by atoms with Gasteiger partial charge in [-0.1, -0.05) is 18.2 Å². The van der Waals surface area contributed by atoms with Gasteiger partial charge in [-0.2, -0.15) is 0 Å². The summed E-state index contributed by atoms with van der Waals surface area (Å²) >= 11 is 5.78. The van der Waals surface area contributed by atoms with Crippen LogP contribution in [0.15, 0.2) is 40.9 Å². The minimum absolute atomic E-state index is 0.273. The Balaban J connectivity index is 3.06. The average Bonchev–Trinajstić information content (AvgIpc) is 2.15. The third-order valence-corrected chi connectivity index (χ3v) is 1.87. The van der Waals surface area contributed by atoms with Crippen LogP contribution in [-0.4, -0.2) is 12.3 Å². The SMILES string of the molecule is C=C(Cl)/C(=N\CC)c1ccc(F)cc1. The van der Waals surface area contributed by atoms with Gasteiger partial charge >= 0.3 is 0 Å². The molecular formula is C11H11ClFN. The topological polar surface area (TPSA) is 12.4 Å². The van der Waals surface area contributed by atoms with E-state index < -0.39 is 0 Å². The van der Waals surface area contributed by atoms with Crippen LogP contribution in [0.5, 0.6) is 0 Å². The Hall–Kier alpha value is -1.15. The van der Waals surface area contributed by atoms with Gasteiger partial charge in [0.15, 0.2) is 0 Å². The van der Waals surface area contributed by atoms with Gasteiger partial charge in [0.25, 0.3) is 0 Å². The highest BCUT2D eigenvalue weighted by Crippen LogP contribution is 2.12. The molecule has 0 fully saturated rings. The van der Waals surface area contributed by atoms with Crippen LogP contribution in [-0.2, 0) is 0 Å². The summed E-state index contributed by atoms with van der Waals surface area (Å²) in [7, 11) is 0. The molecule has 0 aromatic heterocycles. The maximum absolute atomic E-state index is 12.6. The molecule has 0 aliphatic heterocycles. The van der Waals surface area contributed by atoms with Crippen LogP contribution in [0, 0.1) is 5.82 Å². The first-order valence-corrected chi connectivity index (χ1v) is 4.68. The van der Waals surface area contributed by atoms with Crippen molar-refractivity contribution < 1.29 is 4.39 Å². The summed E-state index contributed by atoms with van der Waals surface area (Å²) < 4.78 is 12.6. The van der Waals surface area contributed by atoms with E-state index in [2.05, 4.69) is 11.6 Å². The molecule has 74 valence electrons. The molecule has 0 aliphatic rings. The minimum atomic E-state index is -0.273. The molecule has 0 spiro atoms. The Labute approximate surface area is 87.9 Å². The highest BCUT2D eigenvalue weighted by atomic mass is 35.5. The van der Waals surface area contributed by atoms with Gasteiger partial charge < -0.3 is 0 Å². The lowest BCUT2D eigenvalue weighted by atomic mass is 10.1. The molecule has 0 amide bonds. The van der Waals surface area contributed by atoms with E-state index >= 15 is 0 Å². The van der Waals surface area contributed by atoms with Gasteiger partial charge in [-0.15, -0.1) is 0 Å². The molecule has 0 saturated carbocycles. The van der Waals surface area contributed by atoms with Crippen molar-refractivity contribution in [3.63, 3.8) is 0 Å². The average molecular weight is 212 g/mol. The van der Waals surface area contributed by atoms with Gasteiger partial charge in [-0.05, 0) is 31.2 Å². The maximum atomic E-state index is 12.6. The molecule has 0 aliphatic carbocycles. The first-order chi connectivity index (χ1) is 6.65. The molecule has 0 saturated heterocycles. The number of hydrogen-bond donors (Lipinski definition) is 0. The molecule has 0 heterocycles. The predicted octanol–water partition coefficient (Wildman–Crippen LogP) is 3.39. The molecule has 0 N–H and O–H groups in total. The molecule has 3 heteroatoms. The highest BCUT2D eigenvalue weighted by molar-refractivity contribution is 6.46. The summed E-state index contributed by atoms with van der Waals surface area (Å²) in [6.45, 7) is 6.14. The molecule has 0 radical (unpaired) electrons. The second-order valence-electron chi connectivity index (χ2n) is 2.73. The van der Waals surface area contributed by atoms with Gasteiger partial charge in [0.2, 0.25) is 0 Å². The minimum Gasteiger partial charge on any atom is -0.283 e. The van der Waals surface area contributed by atoms with Crippen molar-refractivity contribution in [2.24, 2.45) is 4.99 Å². The Morgan fingerprint density at radius 1 is 1.43 bits per heavy atom. The van der Waals surface area contributed by atoms with Crippen molar-refractivity contribution >= 4 is 17.3 Å². The first-order valence-electron chi connectivity index (χ1n) is 4.30. The summed E-state index contributed by atoms with van der Waals surface area (Å²) in [5.74, 6) is -0.273. The zero-order valence-corrected chi connectivity index (χ0v) is 8.68. The van der Waals surface area contributed by atoms with Gasteiger partial charge in [-0.3, -0.25) is 4.99 Å². The summed E-state index contributed by atoms with van der Waals surface area (Å²) in [6.07, 6.45) is 0. The zero-order valence-electron chi connectivity index (χ0n) is 7.93. The number of halogens is 2. The standard InChI is InChI=1S/C11H11ClFN/c1-3-14-11(8(2)12)9-4-6-10(13)7-5-9/h4-7H,2-3H2,1H3/b14-11+. The molecule has 0 atom stereocenters. The lowest BCUT2D eigenvalue weighted by Crippen LogP contribution is -2.01. The monoisotopic (exact) mass is 211 g/mol. The summed E-state index contributed by atoms with van der Waals surface area (Å²) in [5, 5.41) is 0.374. The van der Waals surface area contributed by atoms with Crippen LogP contribution < -0.4 is 0 Å². The third-order valence-electron chi connectivity index (χ3n) is 1.69. The van der Waals surface area contributed by atoms with Crippen LogP contribution in [0.1, 0.15) is 12.5 Å². The normalized spacial score (nSPS) is 11.5. The number of rotatable bonds is 3. The maximum Gasteiger partial charge on any atom is 0.123 e.